The second-order valence-electron chi connectivity index (χ2n) is 5.87. The Bertz CT molecular complexity index is 294. The highest BCUT2D eigenvalue weighted by Crippen LogP contribution is 2.45. The van der Waals surface area contributed by atoms with Gasteiger partial charge in [0.1, 0.15) is 5.60 Å². The Morgan fingerprint density at radius 2 is 1.80 bits per heavy atom. The van der Waals surface area contributed by atoms with Gasteiger partial charge >= 0.3 is 6.09 Å². The number of carbonyl (C=O) groups excluding carboxylic acids is 1. The summed E-state index contributed by atoms with van der Waals surface area (Å²) in [5.41, 5.74) is -0.378. The van der Waals surface area contributed by atoms with Crippen LogP contribution in [-0.4, -0.2) is 40.8 Å². The molecular weight excluding hydrogens is 192 g/mol. The van der Waals surface area contributed by atoms with Crippen molar-refractivity contribution >= 4 is 6.09 Å². The molecule has 1 heterocycles. The predicted molar refractivity (Wildman–Crippen MR) is 55.6 cm³/mol. The van der Waals surface area contributed by atoms with Crippen LogP contribution in [0.15, 0.2) is 0 Å². The number of nitrogens with one attached hydrogen (secondary N) is 1. The number of hydrogen-bond donors (Lipinski definition) is 1. The van der Waals surface area contributed by atoms with Gasteiger partial charge in [-0.25, -0.2) is 4.79 Å². The zero-order chi connectivity index (χ0) is 10.8. The van der Waals surface area contributed by atoms with E-state index in [4.69, 9.17) is 4.74 Å². The van der Waals surface area contributed by atoms with E-state index in [-0.39, 0.29) is 11.7 Å². The fraction of sp³-hybridized carbons (Fsp3) is 0.909. The molecule has 1 aliphatic heterocycles. The molecule has 2 saturated carbocycles. The number of nitrogens with zero attached hydrogens (tertiary/aromatic N) is 1. The average Bonchev–Trinajstić information content (AvgIpc) is 2.85. The van der Waals surface area contributed by atoms with Gasteiger partial charge in [0.05, 0.1) is 12.1 Å². The standard InChI is InChI=1S/C11H18N2O2/c1-11(2,3)15-10(14)13-8-4-6(8)12-7-5-9(7)13/h6-9,12H,4-5H2,1-3H3/t6-,7-,8+,9+/m1/s1. The fourth-order valence-electron chi connectivity index (χ4n) is 2.44. The molecule has 15 heavy (non-hydrogen) atoms. The molecule has 3 fully saturated rings. The van der Waals surface area contributed by atoms with Gasteiger partial charge in [-0.3, -0.25) is 4.90 Å². The third-order valence-electron chi connectivity index (χ3n) is 3.26. The van der Waals surface area contributed by atoms with Crippen LogP contribution in [0.2, 0.25) is 0 Å². The van der Waals surface area contributed by atoms with E-state index in [9.17, 15) is 4.79 Å². The maximum absolute atomic E-state index is 12.0. The molecular formula is C11H18N2O2. The Morgan fingerprint density at radius 3 is 2.27 bits per heavy atom. The van der Waals surface area contributed by atoms with E-state index in [1.807, 2.05) is 25.7 Å². The number of rotatable bonds is 0. The number of ether oxygens (including phenoxy) is 1. The Morgan fingerprint density at radius 1 is 1.27 bits per heavy atom. The van der Waals surface area contributed by atoms with E-state index < -0.39 is 0 Å². The smallest absolute Gasteiger partial charge is 0.410 e. The van der Waals surface area contributed by atoms with E-state index in [0.717, 1.165) is 12.8 Å². The molecule has 1 amide bonds. The lowest BCUT2D eigenvalue weighted by atomic mass is 10.2. The second kappa shape index (κ2) is 2.67. The van der Waals surface area contributed by atoms with Gasteiger partial charge in [0, 0.05) is 12.1 Å². The summed E-state index contributed by atoms with van der Waals surface area (Å²) in [6.07, 6.45) is 2.09. The molecule has 1 saturated heterocycles. The molecule has 84 valence electrons. The molecule has 0 bridgehead atoms. The van der Waals surface area contributed by atoms with Crippen molar-refractivity contribution in [3.8, 4) is 0 Å². The molecule has 0 radical (unpaired) electrons. The summed E-state index contributed by atoms with van der Waals surface area (Å²) in [4.78, 5) is 13.9. The summed E-state index contributed by atoms with van der Waals surface area (Å²) in [6.45, 7) is 5.76. The summed E-state index contributed by atoms with van der Waals surface area (Å²) in [5.74, 6) is 0. The Balaban J connectivity index is 1.69. The van der Waals surface area contributed by atoms with Crippen LogP contribution in [0.3, 0.4) is 0 Å². The largest absolute Gasteiger partial charge is 0.444 e. The zero-order valence-electron chi connectivity index (χ0n) is 9.49. The fourth-order valence-corrected chi connectivity index (χ4v) is 2.44. The van der Waals surface area contributed by atoms with Crippen LogP contribution in [0.1, 0.15) is 33.6 Å². The molecule has 4 heteroatoms. The molecule has 3 rings (SSSR count). The van der Waals surface area contributed by atoms with E-state index in [1.54, 1.807) is 0 Å². The lowest BCUT2D eigenvalue weighted by Crippen LogP contribution is -2.48. The summed E-state index contributed by atoms with van der Waals surface area (Å²) in [6, 6.07) is 1.90. The summed E-state index contributed by atoms with van der Waals surface area (Å²) in [7, 11) is 0. The van der Waals surface area contributed by atoms with Crippen LogP contribution in [0.5, 0.6) is 0 Å². The van der Waals surface area contributed by atoms with Gasteiger partial charge < -0.3 is 10.1 Å². The number of fused-ring (bicyclic) bond motifs is 2. The summed E-state index contributed by atoms with van der Waals surface area (Å²) in [5, 5.41) is 3.53. The third kappa shape index (κ3) is 1.61. The van der Waals surface area contributed by atoms with Crippen molar-refractivity contribution in [2.24, 2.45) is 0 Å². The van der Waals surface area contributed by atoms with E-state index >= 15 is 0 Å². The highest BCUT2D eigenvalue weighted by molar-refractivity contribution is 5.71. The van der Waals surface area contributed by atoms with E-state index in [2.05, 4.69) is 5.32 Å². The molecule has 0 aromatic rings. The quantitative estimate of drug-likeness (QED) is 0.651. The van der Waals surface area contributed by atoms with Crippen molar-refractivity contribution in [3.05, 3.63) is 0 Å². The molecule has 4 atom stereocenters. The zero-order valence-corrected chi connectivity index (χ0v) is 9.49. The monoisotopic (exact) mass is 210 g/mol. The number of hydrogen-bond acceptors (Lipinski definition) is 3. The number of amides is 1. The second-order valence-corrected chi connectivity index (χ2v) is 5.87. The van der Waals surface area contributed by atoms with Crippen molar-refractivity contribution < 1.29 is 9.53 Å². The minimum Gasteiger partial charge on any atom is -0.444 e. The third-order valence-corrected chi connectivity index (χ3v) is 3.26. The highest BCUT2D eigenvalue weighted by atomic mass is 16.6. The Kier molecular flexibility index (Phi) is 1.68. The van der Waals surface area contributed by atoms with Crippen molar-refractivity contribution in [1.29, 1.82) is 0 Å². The molecule has 0 unspecified atom stereocenters. The first kappa shape index (κ1) is 9.46. The van der Waals surface area contributed by atoms with Gasteiger partial charge in [-0.05, 0) is 33.6 Å². The van der Waals surface area contributed by atoms with Crippen LogP contribution in [0, 0.1) is 0 Å². The minimum atomic E-state index is -0.378. The molecule has 0 aromatic carbocycles. The minimum absolute atomic E-state index is 0.121. The van der Waals surface area contributed by atoms with Crippen LogP contribution in [0.4, 0.5) is 4.79 Å². The Hall–Kier alpha value is -0.770. The molecule has 3 aliphatic rings. The van der Waals surface area contributed by atoms with Gasteiger partial charge in [-0.15, -0.1) is 0 Å². The molecule has 0 spiro atoms. The topological polar surface area (TPSA) is 41.6 Å². The van der Waals surface area contributed by atoms with Gasteiger partial charge in [0.2, 0.25) is 0 Å². The van der Waals surface area contributed by atoms with Crippen molar-refractivity contribution in [1.82, 2.24) is 10.2 Å². The summed E-state index contributed by atoms with van der Waals surface area (Å²) >= 11 is 0. The maximum Gasteiger partial charge on any atom is 0.410 e. The first-order valence-corrected chi connectivity index (χ1v) is 5.73. The first-order valence-electron chi connectivity index (χ1n) is 5.73. The lowest BCUT2D eigenvalue weighted by Gasteiger charge is -2.30. The maximum atomic E-state index is 12.0. The summed E-state index contributed by atoms with van der Waals surface area (Å²) < 4.78 is 5.43. The number of piperazine rings is 1. The first-order chi connectivity index (χ1) is 6.96. The van der Waals surface area contributed by atoms with Gasteiger partial charge in [0.15, 0.2) is 0 Å². The SMILES string of the molecule is CC(C)(C)OC(=O)N1[C@H]2C[C@H]2N[C@@H]2C[C@@H]21. The van der Waals surface area contributed by atoms with Crippen molar-refractivity contribution in [3.63, 3.8) is 0 Å². The average molecular weight is 210 g/mol. The van der Waals surface area contributed by atoms with Crippen molar-refractivity contribution in [2.75, 3.05) is 0 Å². The molecule has 0 aromatic heterocycles. The molecule has 1 N–H and O–H groups in total. The van der Waals surface area contributed by atoms with Crippen molar-refractivity contribution in [2.45, 2.75) is 63.4 Å². The van der Waals surface area contributed by atoms with Crippen LogP contribution in [-0.2, 0) is 4.74 Å². The van der Waals surface area contributed by atoms with Crippen LogP contribution in [0.25, 0.3) is 0 Å². The van der Waals surface area contributed by atoms with E-state index in [0.29, 0.717) is 24.2 Å². The molecule has 4 nitrogen and oxygen atoms in total. The van der Waals surface area contributed by atoms with Gasteiger partial charge in [-0.2, -0.15) is 0 Å². The van der Waals surface area contributed by atoms with Gasteiger partial charge in [0.25, 0.3) is 0 Å². The normalized spacial score (nSPS) is 41.7. The molecule has 2 aliphatic carbocycles. The number of carbonyl (C=O) groups is 1. The lowest BCUT2D eigenvalue weighted by molar-refractivity contribution is 0.0185. The van der Waals surface area contributed by atoms with Crippen LogP contribution >= 0.6 is 0 Å². The van der Waals surface area contributed by atoms with E-state index in [1.165, 1.54) is 0 Å². The highest BCUT2D eigenvalue weighted by Gasteiger charge is 2.60. The van der Waals surface area contributed by atoms with Crippen LogP contribution < -0.4 is 5.32 Å². The van der Waals surface area contributed by atoms with Gasteiger partial charge in [-0.1, -0.05) is 0 Å². The predicted octanol–water partition coefficient (Wildman–Crippen LogP) is 1.11. The Labute approximate surface area is 90.0 Å².